The van der Waals surface area contributed by atoms with Crippen LogP contribution < -0.4 is 0 Å². The predicted octanol–water partition coefficient (Wildman–Crippen LogP) is 3.61. The van der Waals surface area contributed by atoms with Gasteiger partial charge < -0.3 is 29.9 Å². The Kier molecular flexibility index (Phi) is 9.33. The Morgan fingerprint density at radius 1 is 1.12 bits per heavy atom. The molecule has 0 aromatic heterocycles. The molecule has 9 nitrogen and oxygen atoms in total. The Morgan fingerprint density at radius 2 is 1.76 bits per heavy atom. The number of esters is 1. The van der Waals surface area contributed by atoms with Crippen LogP contribution in [0.15, 0.2) is 23.8 Å². The molecule has 0 spiro atoms. The van der Waals surface area contributed by atoms with E-state index in [2.05, 4.69) is 0 Å². The van der Waals surface area contributed by atoms with Crippen LogP contribution in [0.5, 0.6) is 0 Å². The van der Waals surface area contributed by atoms with Crippen molar-refractivity contribution >= 4 is 17.5 Å². The van der Waals surface area contributed by atoms with E-state index in [9.17, 15) is 34.8 Å². The van der Waals surface area contributed by atoms with E-state index in [0.717, 1.165) is 32.1 Å². The molecule has 4 aliphatic rings. The van der Waals surface area contributed by atoms with Gasteiger partial charge in [-0.2, -0.15) is 0 Å². The van der Waals surface area contributed by atoms with Gasteiger partial charge in [0.15, 0.2) is 24.5 Å². The van der Waals surface area contributed by atoms with Crippen LogP contribution in [0.2, 0.25) is 0 Å². The first-order valence-electron chi connectivity index (χ1n) is 15.7. The second-order valence-electron chi connectivity index (χ2n) is 14.1. The number of aliphatic hydroxyl groups is 4. The van der Waals surface area contributed by atoms with Crippen molar-refractivity contribution < 1.29 is 44.3 Å². The number of rotatable bonds is 9. The number of hydrogen-bond donors (Lipinski definition) is 4. The number of ketones is 2. The molecule has 0 radical (unpaired) electrons. The standard InChI is InChI=1S/C33H50O9/c1-7-23-22-16-33(39,40)25-15-21(34)13-14-30(25,4)27(22)24(35)17-31(23,5)32(6,26(36)18-41-28(37)19(2)3)42-29(38)20-11-9-8-10-12-20/h13-15,19-20,22-24,27,29,35,38-40H,7-12,16-18H2,1-6H3. The molecule has 4 rings (SSSR count). The Hall–Kier alpha value is -1.91. The molecule has 4 N–H and O–H groups in total. The lowest BCUT2D eigenvalue weighted by Gasteiger charge is -2.64. The summed E-state index contributed by atoms with van der Waals surface area (Å²) in [6.45, 7) is 10.1. The fraction of sp³-hybridized carbons (Fsp3) is 0.788. The molecule has 0 aliphatic heterocycles. The molecule has 4 aliphatic carbocycles. The van der Waals surface area contributed by atoms with Crippen LogP contribution in [0.4, 0.5) is 0 Å². The Balaban J connectivity index is 1.77. The zero-order chi connectivity index (χ0) is 31.3. The summed E-state index contributed by atoms with van der Waals surface area (Å²) in [5, 5.41) is 45.9. The van der Waals surface area contributed by atoms with E-state index in [1.165, 1.54) is 12.2 Å². The van der Waals surface area contributed by atoms with Crippen molar-refractivity contribution in [2.24, 2.45) is 40.4 Å². The van der Waals surface area contributed by atoms with Gasteiger partial charge in [0.05, 0.1) is 12.0 Å². The lowest BCUT2D eigenvalue weighted by atomic mass is 9.43. The van der Waals surface area contributed by atoms with Crippen molar-refractivity contribution in [3.63, 3.8) is 0 Å². The van der Waals surface area contributed by atoms with E-state index in [1.54, 1.807) is 26.8 Å². The predicted molar refractivity (Wildman–Crippen MR) is 154 cm³/mol. The first-order chi connectivity index (χ1) is 19.5. The maximum atomic E-state index is 14.1. The molecule has 42 heavy (non-hydrogen) atoms. The normalized spacial score (nSPS) is 36.8. The molecule has 0 heterocycles. The number of carbonyl (C=O) groups is 3. The third kappa shape index (κ3) is 5.56. The molecule has 0 aromatic rings. The number of fused-ring (bicyclic) bond motifs is 3. The van der Waals surface area contributed by atoms with Crippen LogP contribution >= 0.6 is 0 Å². The van der Waals surface area contributed by atoms with E-state index >= 15 is 0 Å². The topological polar surface area (TPSA) is 151 Å². The van der Waals surface area contributed by atoms with Crippen LogP contribution in [0.1, 0.15) is 92.9 Å². The number of allylic oxidation sites excluding steroid dienone is 3. The van der Waals surface area contributed by atoms with Crippen molar-refractivity contribution in [3.8, 4) is 0 Å². The van der Waals surface area contributed by atoms with Crippen molar-refractivity contribution in [1.82, 2.24) is 0 Å². The minimum Gasteiger partial charge on any atom is -0.457 e. The third-order valence-electron chi connectivity index (χ3n) is 11.2. The van der Waals surface area contributed by atoms with Crippen molar-refractivity contribution in [1.29, 1.82) is 0 Å². The molecule has 3 saturated carbocycles. The second-order valence-corrected chi connectivity index (χ2v) is 14.1. The molecule has 8 unspecified atom stereocenters. The number of Topliss-reactive ketones (excluding diaryl/α,β-unsaturated/α-hetero) is 1. The highest BCUT2D eigenvalue weighted by Crippen LogP contribution is 2.65. The summed E-state index contributed by atoms with van der Waals surface area (Å²) >= 11 is 0. The summed E-state index contributed by atoms with van der Waals surface area (Å²) in [5.74, 6) is -5.54. The molecule has 0 aromatic carbocycles. The zero-order valence-electron chi connectivity index (χ0n) is 26.0. The van der Waals surface area contributed by atoms with Gasteiger partial charge in [-0.25, -0.2) is 0 Å². The van der Waals surface area contributed by atoms with E-state index in [-0.39, 0.29) is 36.0 Å². The fourth-order valence-electron chi connectivity index (χ4n) is 8.82. The monoisotopic (exact) mass is 590 g/mol. The maximum absolute atomic E-state index is 14.1. The molecule has 8 atom stereocenters. The van der Waals surface area contributed by atoms with Gasteiger partial charge in [0.1, 0.15) is 5.60 Å². The number of carbonyl (C=O) groups excluding carboxylic acids is 3. The third-order valence-corrected chi connectivity index (χ3v) is 11.2. The Bertz CT molecular complexity index is 1120. The molecule has 3 fully saturated rings. The molecule has 0 saturated heterocycles. The second kappa shape index (κ2) is 11.9. The highest BCUT2D eigenvalue weighted by atomic mass is 16.6. The summed E-state index contributed by atoms with van der Waals surface area (Å²) in [6, 6.07) is 0. The SMILES string of the molecule is CCC1C2CC(O)(O)C3=CC(=O)C=CC3(C)C2C(O)CC1(C)C(C)(OC(O)C1CCCCC1)C(=O)COC(=O)C(C)C. The summed E-state index contributed by atoms with van der Waals surface area (Å²) in [4.78, 5) is 38.7. The van der Waals surface area contributed by atoms with Crippen LogP contribution in [0, 0.1) is 40.4 Å². The molecular weight excluding hydrogens is 540 g/mol. The summed E-state index contributed by atoms with van der Waals surface area (Å²) in [6.07, 6.45) is 7.15. The first-order valence-corrected chi connectivity index (χ1v) is 15.7. The van der Waals surface area contributed by atoms with Gasteiger partial charge in [0.2, 0.25) is 5.78 Å². The zero-order valence-corrected chi connectivity index (χ0v) is 26.0. The van der Waals surface area contributed by atoms with Crippen molar-refractivity contribution in [2.45, 2.75) is 117 Å². The average molecular weight is 591 g/mol. The highest BCUT2D eigenvalue weighted by Gasteiger charge is 2.67. The lowest BCUT2D eigenvalue weighted by Crippen LogP contribution is -2.68. The Labute approximate surface area is 249 Å². The van der Waals surface area contributed by atoms with Crippen molar-refractivity contribution in [2.75, 3.05) is 6.61 Å². The largest absolute Gasteiger partial charge is 0.457 e. The summed E-state index contributed by atoms with van der Waals surface area (Å²) in [5.41, 5.74) is -3.58. The Morgan fingerprint density at radius 3 is 2.36 bits per heavy atom. The van der Waals surface area contributed by atoms with Gasteiger partial charge in [0, 0.05) is 34.7 Å². The average Bonchev–Trinajstić information content (AvgIpc) is 2.92. The number of aliphatic hydroxyl groups excluding tert-OH is 2. The highest BCUT2D eigenvalue weighted by molar-refractivity contribution is 6.01. The molecule has 9 heteroatoms. The maximum Gasteiger partial charge on any atom is 0.308 e. The minimum atomic E-state index is -2.29. The van der Waals surface area contributed by atoms with E-state index in [0.29, 0.717) is 6.42 Å². The van der Waals surface area contributed by atoms with Crippen LogP contribution in [0.3, 0.4) is 0 Å². The molecular formula is C33H50O9. The molecule has 236 valence electrons. The summed E-state index contributed by atoms with van der Waals surface area (Å²) < 4.78 is 11.8. The fourth-order valence-corrected chi connectivity index (χ4v) is 8.82. The van der Waals surface area contributed by atoms with Gasteiger partial charge in [-0.3, -0.25) is 14.4 Å². The summed E-state index contributed by atoms with van der Waals surface area (Å²) in [7, 11) is 0. The van der Waals surface area contributed by atoms with E-state index in [4.69, 9.17) is 9.47 Å². The van der Waals surface area contributed by atoms with Crippen LogP contribution in [0.25, 0.3) is 0 Å². The van der Waals surface area contributed by atoms with Crippen LogP contribution in [-0.4, -0.2) is 68.4 Å². The van der Waals surface area contributed by atoms with E-state index < -0.39 is 70.7 Å². The van der Waals surface area contributed by atoms with Crippen LogP contribution in [-0.2, 0) is 23.9 Å². The lowest BCUT2D eigenvalue weighted by molar-refractivity contribution is -0.278. The quantitative estimate of drug-likeness (QED) is 0.233. The van der Waals surface area contributed by atoms with Gasteiger partial charge in [-0.1, -0.05) is 66.4 Å². The number of hydrogen-bond acceptors (Lipinski definition) is 9. The minimum absolute atomic E-state index is 0.124. The van der Waals surface area contributed by atoms with Crippen molar-refractivity contribution in [3.05, 3.63) is 23.8 Å². The van der Waals surface area contributed by atoms with Gasteiger partial charge in [-0.15, -0.1) is 0 Å². The van der Waals surface area contributed by atoms with Gasteiger partial charge >= 0.3 is 5.97 Å². The molecule has 0 amide bonds. The van der Waals surface area contributed by atoms with Gasteiger partial charge in [-0.05, 0) is 50.2 Å². The smallest absolute Gasteiger partial charge is 0.308 e. The molecule has 0 bridgehead atoms. The first kappa shape index (κ1) is 33.0. The van der Waals surface area contributed by atoms with E-state index in [1.807, 2.05) is 20.8 Å². The number of ether oxygens (including phenoxy) is 2. The van der Waals surface area contributed by atoms with Gasteiger partial charge in [0.25, 0.3) is 0 Å².